The van der Waals surface area contributed by atoms with Crippen molar-refractivity contribution in [3.05, 3.63) is 53.6 Å². The Labute approximate surface area is 252 Å². The van der Waals surface area contributed by atoms with Gasteiger partial charge in [-0.3, -0.25) is 22.8 Å². The van der Waals surface area contributed by atoms with Crippen molar-refractivity contribution < 1.29 is 42.1 Å². The number of ether oxygens (including phenoxy) is 2. The second-order valence-electron chi connectivity index (χ2n) is 10.0. The van der Waals surface area contributed by atoms with Crippen molar-refractivity contribution >= 4 is 60.2 Å². The number of nitrogens with two attached hydrogens (primary N) is 1. The van der Waals surface area contributed by atoms with E-state index in [0.29, 0.717) is 16.9 Å². The number of aliphatic hydroxyl groups is 1. The van der Waals surface area contributed by atoms with Crippen LogP contribution in [-0.4, -0.2) is 82.2 Å². The van der Waals surface area contributed by atoms with Gasteiger partial charge < -0.3 is 38.8 Å². The molecule has 0 aromatic carbocycles. The van der Waals surface area contributed by atoms with E-state index in [1.54, 1.807) is 16.8 Å². The molecule has 9 atom stereocenters. The van der Waals surface area contributed by atoms with Crippen LogP contribution in [0.3, 0.4) is 0 Å². The van der Waals surface area contributed by atoms with Crippen LogP contribution in [0.2, 0.25) is 0 Å². The predicted octanol–water partition coefficient (Wildman–Crippen LogP) is 1.14. The van der Waals surface area contributed by atoms with Crippen LogP contribution < -0.4 is 11.3 Å². The molecule has 4 aromatic rings. The van der Waals surface area contributed by atoms with Gasteiger partial charge in [-0.1, -0.05) is 12.2 Å². The summed E-state index contributed by atoms with van der Waals surface area (Å²) in [6, 6.07) is 3.01. The van der Waals surface area contributed by atoms with Crippen LogP contribution in [0.4, 0.5) is 5.82 Å². The van der Waals surface area contributed by atoms with Crippen LogP contribution in [0, 0.1) is 0 Å². The highest BCUT2D eigenvalue weighted by Crippen LogP contribution is 2.58. The molecule has 230 valence electrons. The number of nitrogens with zero attached hydrogens (tertiary/aromatic N) is 6. The molecule has 0 spiro atoms. The molecule has 2 unspecified atom stereocenters. The molecule has 4 aromatic heterocycles. The fourth-order valence-corrected chi connectivity index (χ4v) is 8.35. The number of aliphatic hydroxyl groups excluding tert-OH is 1. The average molecular weight is 674 g/mol. The lowest BCUT2D eigenvalue weighted by atomic mass is 10.1. The molecule has 43 heavy (non-hydrogen) atoms. The van der Waals surface area contributed by atoms with E-state index in [0.717, 1.165) is 0 Å². The summed E-state index contributed by atoms with van der Waals surface area (Å²) in [4.78, 5) is 35.7. The summed E-state index contributed by atoms with van der Waals surface area (Å²) in [6.45, 7) is -8.91. The van der Waals surface area contributed by atoms with Gasteiger partial charge in [-0.15, -0.1) is 0 Å². The van der Waals surface area contributed by atoms with Crippen LogP contribution >= 0.6 is 25.8 Å². The fraction of sp³-hybridized carbons (Fsp3) is 0.455. The highest BCUT2D eigenvalue weighted by Gasteiger charge is 2.51. The lowest BCUT2D eigenvalue weighted by Gasteiger charge is -2.27. The van der Waals surface area contributed by atoms with Crippen molar-refractivity contribution in [2.45, 2.75) is 49.4 Å². The number of anilines is 1. The maximum atomic E-state index is 13.5. The Morgan fingerprint density at radius 3 is 2.65 bits per heavy atom. The van der Waals surface area contributed by atoms with Crippen molar-refractivity contribution in [1.29, 1.82) is 0 Å². The standard InChI is InChI=1S/C22H25N7O10P2S2/c23-19-11-1-4-28(20(11)26-10-25-19)16-7-12-13(36-16)8-34-41(33,43)39-18-17(31)14(9-35-40(32,42)38-12)37-21(18)29-5-2-15(30)27-6-3-24-22(27)29/h1-6,10,12-14,16-18,21,31H,7-9H2,(H,32,42)(H,33,43)(H2,23,25,26)/t12-,13+,14+,16+,17+,18+,21+,40?,41?/m0/s1. The summed E-state index contributed by atoms with van der Waals surface area (Å²) in [5.74, 6) is 0.466. The van der Waals surface area contributed by atoms with Crippen LogP contribution in [-0.2, 0) is 43.9 Å². The van der Waals surface area contributed by atoms with Gasteiger partial charge in [0.25, 0.3) is 5.56 Å². The average Bonchev–Trinajstić information content (AvgIpc) is 3.74. The van der Waals surface area contributed by atoms with Crippen molar-refractivity contribution in [1.82, 2.24) is 28.5 Å². The van der Waals surface area contributed by atoms with Crippen molar-refractivity contribution in [3.8, 4) is 0 Å². The lowest BCUT2D eigenvalue weighted by Crippen LogP contribution is -2.35. The van der Waals surface area contributed by atoms with Gasteiger partial charge in [0.1, 0.15) is 48.4 Å². The molecule has 21 heteroatoms. The Balaban J connectivity index is 1.19. The number of nitrogen functional groups attached to an aromatic ring is 1. The van der Waals surface area contributed by atoms with Gasteiger partial charge in [-0.25, -0.2) is 19.5 Å². The maximum absolute atomic E-state index is 13.5. The lowest BCUT2D eigenvalue weighted by molar-refractivity contribution is -0.0585. The smallest absolute Gasteiger partial charge is 0.386 e. The second-order valence-corrected chi connectivity index (χ2v) is 15.7. The summed E-state index contributed by atoms with van der Waals surface area (Å²) >= 11 is 9.45. The summed E-state index contributed by atoms with van der Waals surface area (Å²) in [6.07, 6.45) is 0.0160. The molecule has 0 saturated carbocycles. The fourth-order valence-electron chi connectivity index (χ4n) is 5.42. The summed E-state index contributed by atoms with van der Waals surface area (Å²) in [7, 11) is 0. The molecule has 0 amide bonds. The van der Waals surface area contributed by atoms with Gasteiger partial charge in [-0.05, 0) is 17.9 Å². The first kappa shape index (κ1) is 29.5. The third-order valence-electron chi connectivity index (χ3n) is 7.41. The minimum absolute atomic E-state index is 0.171. The molecular formula is C22H25N7O10P2S2. The number of imidazole rings is 1. The minimum atomic E-state index is -4.20. The van der Waals surface area contributed by atoms with Crippen LogP contribution in [0.5, 0.6) is 0 Å². The molecule has 7 rings (SSSR count). The first-order valence-electron chi connectivity index (χ1n) is 12.9. The molecule has 0 aliphatic carbocycles. The van der Waals surface area contributed by atoms with Crippen molar-refractivity contribution in [2.75, 3.05) is 18.9 Å². The van der Waals surface area contributed by atoms with Gasteiger partial charge in [0.2, 0.25) is 5.78 Å². The molecule has 17 nitrogen and oxygen atoms in total. The van der Waals surface area contributed by atoms with Gasteiger partial charge in [0.15, 0.2) is 6.23 Å². The van der Waals surface area contributed by atoms with E-state index in [1.165, 1.54) is 40.0 Å². The third kappa shape index (κ3) is 5.47. The maximum Gasteiger partial charge on any atom is 0.386 e. The van der Waals surface area contributed by atoms with Crippen molar-refractivity contribution in [2.24, 2.45) is 0 Å². The molecule has 3 aliphatic heterocycles. The van der Waals surface area contributed by atoms with Crippen molar-refractivity contribution in [3.63, 3.8) is 0 Å². The normalized spacial score (nSPS) is 37.1. The van der Waals surface area contributed by atoms with E-state index < -0.39 is 63.1 Å². The van der Waals surface area contributed by atoms with Gasteiger partial charge in [0.05, 0.1) is 24.7 Å². The molecule has 4 N–H and O–H groups in total. The number of hydrogen-bond acceptors (Lipinski definition) is 14. The monoisotopic (exact) mass is 673 g/mol. The summed E-state index contributed by atoms with van der Waals surface area (Å²) in [5, 5.41) is 11.8. The van der Waals surface area contributed by atoms with E-state index >= 15 is 0 Å². The quantitative estimate of drug-likeness (QED) is 0.174. The van der Waals surface area contributed by atoms with E-state index in [1.807, 2.05) is 0 Å². The number of rotatable bonds is 2. The van der Waals surface area contributed by atoms with Crippen LogP contribution in [0.15, 0.2) is 48.0 Å². The topological polar surface area (TPSA) is 209 Å². The molecule has 2 bridgehead atoms. The van der Waals surface area contributed by atoms with Gasteiger partial charge in [0, 0.05) is 37.3 Å². The zero-order valence-electron chi connectivity index (χ0n) is 21.9. The summed E-state index contributed by atoms with van der Waals surface area (Å²) < 4.78 is 53.0. The Morgan fingerprint density at radius 2 is 1.81 bits per heavy atom. The highest BCUT2D eigenvalue weighted by molar-refractivity contribution is 8.44. The zero-order chi connectivity index (χ0) is 30.1. The number of hydrogen-bond donors (Lipinski definition) is 4. The first-order valence-corrected chi connectivity index (χ1v) is 18.2. The second kappa shape index (κ2) is 11.0. The van der Waals surface area contributed by atoms with E-state index in [2.05, 4.69) is 27.2 Å². The third-order valence-corrected chi connectivity index (χ3v) is 10.6. The molecule has 7 heterocycles. The molecule has 0 radical (unpaired) electrons. The first-order chi connectivity index (χ1) is 20.5. The Morgan fingerprint density at radius 1 is 1.02 bits per heavy atom. The number of aromatic nitrogens is 6. The highest BCUT2D eigenvalue weighted by atomic mass is 32.7. The Hall–Kier alpha value is -2.25. The van der Waals surface area contributed by atoms with E-state index in [9.17, 15) is 19.4 Å². The Bertz CT molecular complexity index is 1850. The van der Waals surface area contributed by atoms with Gasteiger partial charge in [-0.2, -0.15) is 0 Å². The van der Waals surface area contributed by atoms with Crippen LogP contribution in [0.1, 0.15) is 18.9 Å². The largest absolute Gasteiger partial charge is 0.387 e. The van der Waals surface area contributed by atoms with E-state index in [-0.39, 0.29) is 24.4 Å². The molecule has 3 saturated heterocycles. The summed E-state index contributed by atoms with van der Waals surface area (Å²) in [5.41, 5.74) is 6.13. The minimum Gasteiger partial charge on any atom is -0.387 e. The molecule has 3 aliphatic rings. The van der Waals surface area contributed by atoms with Crippen LogP contribution in [0.25, 0.3) is 16.8 Å². The van der Waals surface area contributed by atoms with Gasteiger partial charge >= 0.3 is 13.5 Å². The number of thiol groups is 1. The van der Waals surface area contributed by atoms with E-state index in [4.69, 9.17) is 45.1 Å². The number of fused-ring (bicyclic) bond motifs is 5. The Kier molecular flexibility index (Phi) is 7.52. The molecule has 3 fully saturated rings. The zero-order valence-corrected chi connectivity index (χ0v) is 25.4. The molecular weight excluding hydrogens is 648 g/mol. The predicted molar refractivity (Wildman–Crippen MR) is 155 cm³/mol. The SMILES string of the molecule is Nc1ncnc2c1ccn2[C@H]1C[C@@H]2OP(O)(=S)OC[C@H]3O[C@@H](n4ccc(=O)n5ccnc45)[C@H](OP(=O)(S)OC[C@H]2O1)[C@@H]3O.